The van der Waals surface area contributed by atoms with Crippen LogP contribution in [0, 0.1) is 6.92 Å². The largest absolute Gasteiger partial charge is 0.438 e. The standard InChI is InChI=1S/C20H24N4O4S/c1-14-6-5-7-15(12-14)13-24-17(10-11-21-24)22-19(25)16-8-9-18(28-16)29(26,27)23-20(2,3)4/h5-12,23H,13H2,1-4H3,(H,22,25). The maximum atomic E-state index is 12.5. The quantitative estimate of drug-likeness (QED) is 0.642. The molecule has 0 spiro atoms. The fraction of sp³-hybridized carbons (Fsp3) is 0.300. The zero-order valence-electron chi connectivity index (χ0n) is 16.8. The van der Waals surface area contributed by atoms with Gasteiger partial charge in [-0.1, -0.05) is 29.8 Å². The predicted octanol–water partition coefficient (Wildman–Crippen LogP) is 3.16. The first kappa shape index (κ1) is 20.8. The Labute approximate surface area is 170 Å². The van der Waals surface area contributed by atoms with Gasteiger partial charge in [-0.15, -0.1) is 0 Å². The van der Waals surface area contributed by atoms with Crippen molar-refractivity contribution < 1.29 is 17.6 Å². The third-order valence-corrected chi connectivity index (χ3v) is 5.51. The van der Waals surface area contributed by atoms with Crippen molar-refractivity contribution in [3.63, 3.8) is 0 Å². The van der Waals surface area contributed by atoms with Crippen molar-refractivity contribution in [1.29, 1.82) is 0 Å². The second kappa shape index (κ2) is 7.84. The summed E-state index contributed by atoms with van der Waals surface area (Å²) in [5.74, 6) is -0.194. The number of furan rings is 1. The Morgan fingerprint density at radius 3 is 2.62 bits per heavy atom. The minimum Gasteiger partial charge on any atom is -0.438 e. The Hall–Kier alpha value is -2.91. The van der Waals surface area contributed by atoms with E-state index in [0.717, 1.165) is 11.1 Å². The van der Waals surface area contributed by atoms with Crippen LogP contribution in [0.5, 0.6) is 0 Å². The molecule has 0 saturated heterocycles. The van der Waals surface area contributed by atoms with E-state index >= 15 is 0 Å². The molecule has 0 fully saturated rings. The number of anilines is 1. The topological polar surface area (TPSA) is 106 Å². The highest BCUT2D eigenvalue weighted by molar-refractivity contribution is 7.89. The summed E-state index contributed by atoms with van der Waals surface area (Å²) in [7, 11) is -3.86. The fourth-order valence-electron chi connectivity index (χ4n) is 2.77. The van der Waals surface area contributed by atoms with E-state index in [4.69, 9.17) is 4.42 Å². The van der Waals surface area contributed by atoms with Gasteiger partial charge in [0.05, 0.1) is 12.7 Å². The highest BCUT2D eigenvalue weighted by Crippen LogP contribution is 2.18. The molecule has 0 atom stereocenters. The lowest BCUT2D eigenvalue weighted by Gasteiger charge is -2.18. The number of aromatic nitrogens is 2. The van der Waals surface area contributed by atoms with E-state index < -0.39 is 21.5 Å². The summed E-state index contributed by atoms with van der Waals surface area (Å²) in [6.45, 7) is 7.65. The maximum Gasteiger partial charge on any atom is 0.292 e. The number of nitrogens with one attached hydrogen (secondary N) is 2. The molecule has 0 radical (unpaired) electrons. The average molecular weight is 417 g/mol. The van der Waals surface area contributed by atoms with E-state index in [1.807, 2.05) is 31.2 Å². The van der Waals surface area contributed by atoms with Crippen LogP contribution in [-0.2, 0) is 16.6 Å². The molecule has 9 heteroatoms. The summed E-state index contributed by atoms with van der Waals surface area (Å²) in [5.41, 5.74) is 1.51. The number of benzene rings is 1. The number of carbonyl (C=O) groups excluding carboxylic acids is 1. The van der Waals surface area contributed by atoms with Crippen LogP contribution in [0.1, 0.15) is 42.5 Å². The molecule has 0 unspecified atom stereocenters. The Morgan fingerprint density at radius 1 is 1.17 bits per heavy atom. The van der Waals surface area contributed by atoms with Crippen LogP contribution in [0.4, 0.5) is 5.82 Å². The maximum absolute atomic E-state index is 12.5. The van der Waals surface area contributed by atoms with Gasteiger partial charge in [0.2, 0.25) is 5.09 Å². The van der Waals surface area contributed by atoms with Crippen LogP contribution in [0.15, 0.2) is 58.2 Å². The van der Waals surface area contributed by atoms with Gasteiger partial charge < -0.3 is 9.73 Å². The first-order chi connectivity index (χ1) is 13.5. The lowest BCUT2D eigenvalue weighted by molar-refractivity contribution is 0.0990. The molecule has 29 heavy (non-hydrogen) atoms. The number of rotatable bonds is 6. The van der Waals surface area contributed by atoms with Crippen LogP contribution < -0.4 is 10.0 Å². The molecule has 2 N–H and O–H groups in total. The first-order valence-electron chi connectivity index (χ1n) is 9.06. The molecule has 154 valence electrons. The van der Waals surface area contributed by atoms with Crippen molar-refractivity contribution >= 4 is 21.7 Å². The number of hydrogen-bond donors (Lipinski definition) is 2. The summed E-state index contributed by atoms with van der Waals surface area (Å²) in [6.07, 6.45) is 1.58. The smallest absolute Gasteiger partial charge is 0.292 e. The molecule has 0 saturated carbocycles. The van der Waals surface area contributed by atoms with Crippen LogP contribution in [-0.4, -0.2) is 29.6 Å². The molecule has 1 aromatic carbocycles. The Balaban J connectivity index is 1.74. The minimum atomic E-state index is -3.86. The van der Waals surface area contributed by atoms with E-state index in [-0.39, 0.29) is 10.9 Å². The molecule has 0 bridgehead atoms. The molecular weight excluding hydrogens is 392 g/mol. The van der Waals surface area contributed by atoms with Crippen LogP contribution in [0.3, 0.4) is 0 Å². The zero-order chi connectivity index (χ0) is 21.2. The molecular formula is C20H24N4O4S. The third-order valence-electron chi connectivity index (χ3n) is 3.88. The molecule has 0 aliphatic carbocycles. The fourth-order valence-corrected chi connectivity index (χ4v) is 4.12. The molecule has 1 amide bonds. The summed E-state index contributed by atoms with van der Waals surface area (Å²) >= 11 is 0. The van der Waals surface area contributed by atoms with Gasteiger partial charge in [0.25, 0.3) is 15.9 Å². The molecule has 3 rings (SSSR count). The second-order valence-corrected chi connectivity index (χ2v) is 9.40. The first-order valence-corrected chi connectivity index (χ1v) is 10.5. The van der Waals surface area contributed by atoms with Crippen molar-refractivity contribution in [2.45, 2.75) is 44.9 Å². The van der Waals surface area contributed by atoms with Crippen molar-refractivity contribution in [2.75, 3.05) is 5.32 Å². The van der Waals surface area contributed by atoms with Gasteiger partial charge in [0.15, 0.2) is 5.76 Å². The molecule has 2 aromatic heterocycles. The van der Waals surface area contributed by atoms with Gasteiger partial charge in [-0.2, -0.15) is 5.10 Å². The number of carbonyl (C=O) groups is 1. The predicted molar refractivity (Wildman–Crippen MR) is 109 cm³/mol. The van der Waals surface area contributed by atoms with E-state index in [2.05, 4.69) is 15.1 Å². The Kier molecular flexibility index (Phi) is 5.63. The molecule has 0 aliphatic rings. The minimum absolute atomic E-state index is 0.109. The molecule has 3 aromatic rings. The van der Waals surface area contributed by atoms with Gasteiger partial charge in [0, 0.05) is 11.6 Å². The molecule has 8 nitrogen and oxygen atoms in total. The summed E-state index contributed by atoms with van der Waals surface area (Å²) in [6, 6.07) is 12.2. The highest BCUT2D eigenvalue weighted by atomic mass is 32.2. The lowest BCUT2D eigenvalue weighted by atomic mass is 10.1. The Bertz CT molecular complexity index is 1120. The van der Waals surface area contributed by atoms with Gasteiger partial charge in [-0.05, 0) is 45.4 Å². The summed E-state index contributed by atoms with van der Waals surface area (Å²) in [5, 5.41) is 6.63. The van der Waals surface area contributed by atoms with Crippen LogP contribution >= 0.6 is 0 Å². The van der Waals surface area contributed by atoms with Crippen molar-refractivity contribution in [2.24, 2.45) is 0 Å². The molecule has 2 heterocycles. The van der Waals surface area contributed by atoms with Crippen molar-refractivity contribution in [3.8, 4) is 0 Å². The van der Waals surface area contributed by atoms with E-state index in [0.29, 0.717) is 12.4 Å². The zero-order valence-corrected chi connectivity index (χ0v) is 17.6. The monoisotopic (exact) mass is 416 g/mol. The SMILES string of the molecule is Cc1cccc(Cn2nccc2NC(=O)c2ccc(S(=O)(=O)NC(C)(C)C)o2)c1. The number of nitrogens with zero attached hydrogens (tertiary/aromatic N) is 2. The number of aryl methyl sites for hydroxylation is 1. The van der Waals surface area contributed by atoms with Gasteiger partial charge in [0.1, 0.15) is 5.82 Å². The summed E-state index contributed by atoms with van der Waals surface area (Å²) in [4.78, 5) is 12.5. The normalized spacial score (nSPS) is 12.1. The van der Waals surface area contributed by atoms with E-state index in [1.165, 1.54) is 12.1 Å². The van der Waals surface area contributed by atoms with E-state index in [1.54, 1.807) is 37.7 Å². The van der Waals surface area contributed by atoms with Crippen molar-refractivity contribution in [1.82, 2.24) is 14.5 Å². The highest BCUT2D eigenvalue weighted by Gasteiger charge is 2.26. The molecule has 0 aliphatic heterocycles. The average Bonchev–Trinajstić information content (AvgIpc) is 3.23. The number of hydrogen-bond acceptors (Lipinski definition) is 5. The van der Waals surface area contributed by atoms with Gasteiger partial charge in [-0.3, -0.25) is 4.79 Å². The number of amides is 1. The summed E-state index contributed by atoms with van der Waals surface area (Å²) < 4.78 is 34.1. The van der Waals surface area contributed by atoms with Crippen molar-refractivity contribution in [3.05, 3.63) is 65.5 Å². The number of sulfonamides is 1. The third kappa shape index (κ3) is 5.33. The second-order valence-electron chi connectivity index (χ2n) is 7.79. The van der Waals surface area contributed by atoms with Gasteiger partial charge >= 0.3 is 0 Å². The van der Waals surface area contributed by atoms with Gasteiger partial charge in [-0.25, -0.2) is 17.8 Å². The Morgan fingerprint density at radius 2 is 1.93 bits per heavy atom. The van der Waals surface area contributed by atoms with E-state index in [9.17, 15) is 13.2 Å². The lowest BCUT2D eigenvalue weighted by Crippen LogP contribution is -2.40. The van der Waals surface area contributed by atoms with Crippen LogP contribution in [0.25, 0.3) is 0 Å². The van der Waals surface area contributed by atoms with Crippen LogP contribution in [0.2, 0.25) is 0 Å².